The van der Waals surface area contributed by atoms with E-state index in [9.17, 15) is 5.11 Å². The first-order valence-electron chi connectivity index (χ1n) is 5.80. The first-order valence-corrected chi connectivity index (χ1v) is 5.80. The van der Waals surface area contributed by atoms with Crippen LogP contribution in [0, 0.1) is 5.92 Å². The molecule has 0 saturated carbocycles. The van der Waals surface area contributed by atoms with Crippen molar-refractivity contribution < 1.29 is 14.6 Å². The number of rotatable bonds is 3. The quantitative estimate of drug-likeness (QED) is 0.854. The van der Waals surface area contributed by atoms with Crippen molar-refractivity contribution in [1.82, 2.24) is 0 Å². The predicted molar refractivity (Wildman–Crippen MR) is 61.8 cm³/mol. The van der Waals surface area contributed by atoms with Gasteiger partial charge in [0.25, 0.3) is 0 Å². The number of benzene rings is 1. The molecule has 0 amide bonds. The zero-order chi connectivity index (χ0) is 11.5. The highest BCUT2D eigenvalue weighted by atomic mass is 16.6. The van der Waals surface area contributed by atoms with Crippen molar-refractivity contribution >= 4 is 0 Å². The van der Waals surface area contributed by atoms with Crippen molar-refractivity contribution in [2.24, 2.45) is 5.92 Å². The molecular formula is C13H18O3. The van der Waals surface area contributed by atoms with Gasteiger partial charge in [-0.05, 0) is 12.0 Å². The molecule has 3 nitrogen and oxygen atoms in total. The van der Waals surface area contributed by atoms with Crippen LogP contribution in [0.1, 0.15) is 31.9 Å². The molecule has 0 aromatic heterocycles. The van der Waals surface area contributed by atoms with Crippen LogP contribution in [0.4, 0.5) is 0 Å². The second kappa shape index (κ2) is 4.74. The maximum absolute atomic E-state index is 10.2. The summed E-state index contributed by atoms with van der Waals surface area (Å²) in [4.78, 5) is 0. The van der Waals surface area contributed by atoms with E-state index in [1.54, 1.807) is 0 Å². The van der Waals surface area contributed by atoms with Gasteiger partial charge in [-0.25, -0.2) is 0 Å². The van der Waals surface area contributed by atoms with Crippen molar-refractivity contribution in [3.8, 4) is 11.5 Å². The Morgan fingerprint density at radius 2 is 2.06 bits per heavy atom. The third kappa shape index (κ3) is 2.00. The molecule has 0 saturated heterocycles. The highest BCUT2D eigenvalue weighted by Crippen LogP contribution is 2.39. The summed E-state index contributed by atoms with van der Waals surface area (Å²) >= 11 is 0. The van der Waals surface area contributed by atoms with Crippen LogP contribution in [0.15, 0.2) is 18.2 Å². The number of para-hydroxylation sites is 1. The number of fused-ring (bicyclic) bond motifs is 1. The molecule has 0 bridgehead atoms. The van der Waals surface area contributed by atoms with Crippen molar-refractivity contribution in [3.63, 3.8) is 0 Å². The molecule has 0 radical (unpaired) electrons. The van der Waals surface area contributed by atoms with Gasteiger partial charge < -0.3 is 14.6 Å². The number of hydrogen-bond acceptors (Lipinski definition) is 3. The van der Waals surface area contributed by atoms with Crippen LogP contribution in [-0.4, -0.2) is 18.3 Å². The largest absolute Gasteiger partial charge is 0.486 e. The lowest BCUT2D eigenvalue weighted by atomic mass is 9.94. The molecule has 0 spiro atoms. The highest BCUT2D eigenvalue weighted by Gasteiger charge is 2.23. The maximum atomic E-state index is 10.2. The fraction of sp³-hybridized carbons (Fsp3) is 0.538. The summed E-state index contributed by atoms with van der Waals surface area (Å²) in [6.07, 6.45) is 0.452. The van der Waals surface area contributed by atoms with E-state index in [0.717, 1.165) is 17.7 Å². The first-order chi connectivity index (χ1) is 7.74. The minimum atomic E-state index is -0.485. The molecule has 0 aliphatic carbocycles. The Morgan fingerprint density at radius 1 is 1.31 bits per heavy atom. The third-order valence-electron chi connectivity index (χ3n) is 3.10. The Morgan fingerprint density at radius 3 is 2.81 bits per heavy atom. The van der Waals surface area contributed by atoms with Gasteiger partial charge in [-0.15, -0.1) is 0 Å². The van der Waals surface area contributed by atoms with Crippen LogP contribution in [0.25, 0.3) is 0 Å². The van der Waals surface area contributed by atoms with Gasteiger partial charge in [0.15, 0.2) is 11.5 Å². The van der Waals surface area contributed by atoms with Crippen molar-refractivity contribution in [3.05, 3.63) is 23.8 Å². The molecule has 88 valence electrons. The lowest BCUT2D eigenvalue weighted by Gasteiger charge is -2.25. The SMILES string of the molecule is CCC(C)C(O)c1cccc2c1OCCO2. The smallest absolute Gasteiger partial charge is 0.167 e. The summed E-state index contributed by atoms with van der Waals surface area (Å²) in [5.74, 6) is 1.67. The summed E-state index contributed by atoms with van der Waals surface area (Å²) in [5.41, 5.74) is 0.839. The molecule has 1 heterocycles. The minimum Gasteiger partial charge on any atom is -0.486 e. The summed E-state index contributed by atoms with van der Waals surface area (Å²) in [5, 5.41) is 10.2. The fourth-order valence-electron chi connectivity index (χ4n) is 1.86. The Labute approximate surface area is 96.0 Å². The summed E-state index contributed by atoms with van der Waals surface area (Å²) in [7, 11) is 0. The van der Waals surface area contributed by atoms with Crippen molar-refractivity contribution in [2.75, 3.05) is 13.2 Å². The third-order valence-corrected chi connectivity index (χ3v) is 3.10. The number of hydrogen-bond donors (Lipinski definition) is 1. The van der Waals surface area contributed by atoms with E-state index in [1.165, 1.54) is 0 Å². The Hall–Kier alpha value is -1.22. The van der Waals surface area contributed by atoms with Crippen LogP contribution in [0.2, 0.25) is 0 Å². The molecular weight excluding hydrogens is 204 g/mol. The molecule has 1 aromatic carbocycles. The Balaban J connectivity index is 2.33. The summed E-state index contributed by atoms with van der Waals surface area (Å²) < 4.78 is 11.1. The van der Waals surface area contributed by atoms with Crippen LogP contribution in [0.3, 0.4) is 0 Å². The standard InChI is InChI=1S/C13H18O3/c1-3-9(2)12(14)10-5-4-6-11-13(10)16-8-7-15-11/h4-6,9,12,14H,3,7-8H2,1-2H3. The Kier molecular flexibility index (Phi) is 3.34. The van der Waals surface area contributed by atoms with Gasteiger partial charge in [-0.3, -0.25) is 0 Å². The molecule has 3 heteroatoms. The van der Waals surface area contributed by atoms with Gasteiger partial charge in [0.1, 0.15) is 13.2 Å². The zero-order valence-corrected chi connectivity index (χ0v) is 9.77. The molecule has 0 fully saturated rings. The number of ether oxygens (including phenoxy) is 2. The van der Waals surface area contributed by atoms with E-state index in [-0.39, 0.29) is 5.92 Å². The summed E-state index contributed by atoms with van der Waals surface area (Å²) in [6.45, 7) is 5.24. The van der Waals surface area contributed by atoms with E-state index in [2.05, 4.69) is 6.92 Å². The lowest BCUT2D eigenvalue weighted by molar-refractivity contribution is 0.104. The fourth-order valence-corrected chi connectivity index (χ4v) is 1.86. The lowest BCUT2D eigenvalue weighted by Crippen LogP contribution is -2.18. The van der Waals surface area contributed by atoms with Gasteiger partial charge in [-0.1, -0.05) is 32.4 Å². The summed E-state index contributed by atoms with van der Waals surface area (Å²) in [6, 6.07) is 5.68. The average molecular weight is 222 g/mol. The van der Waals surface area contributed by atoms with Gasteiger partial charge >= 0.3 is 0 Å². The van der Waals surface area contributed by atoms with E-state index in [0.29, 0.717) is 19.0 Å². The van der Waals surface area contributed by atoms with Gasteiger partial charge in [0, 0.05) is 5.56 Å². The second-order valence-electron chi connectivity index (χ2n) is 4.20. The molecule has 16 heavy (non-hydrogen) atoms. The maximum Gasteiger partial charge on any atom is 0.167 e. The van der Waals surface area contributed by atoms with E-state index < -0.39 is 6.10 Å². The van der Waals surface area contributed by atoms with E-state index >= 15 is 0 Å². The van der Waals surface area contributed by atoms with E-state index in [4.69, 9.17) is 9.47 Å². The number of aliphatic hydroxyl groups excluding tert-OH is 1. The predicted octanol–water partition coefficient (Wildman–Crippen LogP) is 2.54. The zero-order valence-electron chi connectivity index (χ0n) is 9.77. The Bertz CT molecular complexity index is 362. The minimum absolute atomic E-state index is 0.219. The van der Waals surface area contributed by atoms with Gasteiger partial charge in [-0.2, -0.15) is 0 Å². The topological polar surface area (TPSA) is 38.7 Å². The van der Waals surface area contributed by atoms with Crippen molar-refractivity contribution in [2.45, 2.75) is 26.4 Å². The molecule has 1 aliphatic rings. The number of aliphatic hydroxyl groups is 1. The van der Waals surface area contributed by atoms with Crippen LogP contribution >= 0.6 is 0 Å². The molecule has 1 aliphatic heterocycles. The average Bonchev–Trinajstić information content (AvgIpc) is 2.36. The molecule has 1 N–H and O–H groups in total. The second-order valence-corrected chi connectivity index (χ2v) is 4.20. The molecule has 2 unspecified atom stereocenters. The highest BCUT2D eigenvalue weighted by molar-refractivity contribution is 5.48. The van der Waals surface area contributed by atoms with E-state index in [1.807, 2.05) is 25.1 Å². The monoisotopic (exact) mass is 222 g/mol. The van der Waals surface area contributed by atoms with Gasteiger partial charge in [0.05, 0.1) is 6.10 Å². The van der Waals surface area contributed by atoms with Crippen LogP contribution < -0.4 is 9.47 Å². The molecule has 2 rings (SSSR count). The van der Waals surface area contributed by atoms with Crippen molar-refractivity contribution in [1.29, 1.82) is 0 Å². The van der Waals surface area contributed by atoms with Crippen LogP contribution in [0.5, 0.6) is 11.5 Å². The van der Waals surface area contributed by atoms with Crippen LogP contribution in [-0.2, 0) is 0 Å². The molecule has 2 atom stereocenters. The molecule has 1 aromatic rings. The first kappa shape index (κ1) is 11.3. The normalized spacial score (nSPS) is 17.9. The van der Waals surface area contributed by atoms with Gasteiger partial charge in [0.2, 0.25) is 0 Å².